The van der Waals surface area contributed by atoms with Crippen LogP contribution < -0.4 is 15.4 Å². The molecule has 2 N–H and O–H groups in total. The molecule has 21 heavy (non-hydrogen) atoms. The maximum Gasteiger partial charge on any atom is 0.257 e. The lowest BCUT2D eigenvalue weighted by molar-refractivity contribution is -0.123. The van der Waals surface area contributed by atoms with E-state index in [1.54, 1.807) is 0 Å². The van der Waals surface area contributed by atoms with Crippen LogP contribution in [0.1, 0.15) is 13.8 Å². The monoisotopic (exact) mass is 286 g/mol. The van der Waals surface area contributed by atoms with Crippen LogP contribution in [-0.2, 0) is 4.79 Å². The molecule has 0 aliphatic rings. The van der Waals surface area contributed by atoms with E-state index in [9.17, 15) is 4.79 Å². The van der Waals surface area contributed by atoms with Crippen LogP contribution in [0.15, 0.2) is 42.5 Å². The number of likely N-dealkylation sites (N-methyl/N-ethyl adjacent to an activating group) is 1. The van der Waals surface area contributed by atoms with Crippen LogP contribution in [0, 0.1) is 0 Å². The van der Waals surface area contributed by atoms with Crippen molar-refractivity contribution in [2.24, 2.45) is 0 Å². The van der Waals surface area contributed by atoms with E-state index in [4.69, 9.17) is 4.74 Å². The Balaban J connectivity index is 1.82. The molecule has 1 amide bonds. The van der Waals surface area contributed by atoms with Crippen molar-refractivity contribution >= 4 is 16.7 Å². The molecule has 0 aliphatic heterocycles. The third kappa shape index (κ3) is 4.76. The van der Waals surface area contributed by atoms with Gasteiger partial charge in [0.25, 0.3) is 5.91 Å². The molecule has 0 saturated heterocycles. The van der Waals surface area contributed by atoms with Gasteiger partial charge in [0, 0.05) is 12.6 Å². The Labute approximate surface area is 125 Å². The summed E-state index contributed by atoms with van der Waals surface area (Å²) >= 11 is 0. The zero-order valence-electron chi connectivity index (χ0n) is 12.6. The molecule has 1 atom stereocenters. The smallest absolute Gasteiger partial charge is 0.257 e. The van der Waals surface area contributed by atoms with Gasteiger partial charge < -0.3 is 15.4 Å². The zero-order chi connectivity index (χ0) is 15.1. The fraction of sp³-hybridized carbons (Fsp3) is 0.353. The molecule has 2 aromatic rings. The highest BCUT2D eigenvalue weighted by Gasteiger charge is 2.05. The van der Waals surface area contributed by atoms with Gasteiger partial charge in [0.2, 0.25) is 0 Å². The van der Waals surface area contributed by atoms with Gasteiger partial charge in [0.1, 0.15) is 5.75 Å². The van der Waals surface area contributed by atoms with Crippen LogP contribution in [-0.4, -0.2) is 31.6 Å². The summed E-state index contributed by atoms with van der Waals surface area (Å²) < 4.78 is 5.54. The molecule has 0 bridgehead atoms. The molecule has 112 valence electrons. The minimum absolute atomic E-state index is 0.0389. The number of ether oxygens (including phenoxy) is 1. The minimum atomic E-state index is -0.104. The van der Waals surface area contributed by atoms with E-state index < -0.39 is 0 Å². The molecule has 0 saturated carbocycles. The SMILES string of the molecule is CCN[C@H](C)CNC(=O)COc1ccc2ccccc2c1. The lowest BCUT2D eigenvalue weighted by Crippen LogP contribution is -2.40. The lowest BCUT2D eigenvalue weighted by atomic mass is 10.1. The summed E-state index contributed by atoms with van der Waals surface area (Å²) in [7, 11) is 0. The molecule has 2 rings (SSSR count). The standard InChI is InChI=1S/C17H22N2O2/c1-3-18-13(2)11-19-17(20)12-21-16-9-8-14-6-4-5-7-15(14)10-16/h4-10,13,18H,3,11-12H2,1-2H3,(H,19,20)/t13-/m1/s1. The Morgan fingerprint density at radius 3 is 2.71 bits per heavy atom. The van der Waals surface area contributed by atoms with Crippen molar-refractivity contribution in [1.82, 2.24) is 10.6 Å². The normalized spacial score (nSPS) is 12.1. The predicted octanol–water partition coefficient (Wildman–Crippen LogP) is 2.33. The predicted molar refractivity (Wildman–Crippen MR) is 85.6 cm³/mol. The van der Waals surface area contributed by atoms with E-state index >= 15 is 0 Å². The third-order valence-corrected chi connectivity index (χ3v) is 3.25. The number of hydrogen-bond acceptors (Lipinski definition) is 3. The molecule has 0 aromatic heterocycles. The van der Waals surface area contributed by atoms with Crippen LogP contribution in [0.4, 0.5) is 0 Å². The number of benzene rings is 2. The van der Waals surface area contributed by atoms with E-state index in [0.29, 0.717) is 12.3 Å². The minimum Gasteiger partial charge on any atom is -0.484 e. The second kappa shape index (κ2) is 7.64. The first kappa shape index (κ1) is 15.3. The average Bonchev–Trinajstić information content (AvgIpc) is 2.51. The van der Waals surface area contributed by atoms with Crippen molar-refractivity contribution < 1.29 is 9.53 Å². The second-order valence-electron chi connectivity index (χ2n) is 5.06. The number of hydrogen-bond donors (Lipinski definition) is 2. The molecular formula is C17H22N2O2. The van der Waals surface area contributed by atoms with E-state index in [1.807, 2.05) is 56.3 Å². The van der Waals surface area contributed by atoms with Crippen molar-refractivity contribution in [1.29, 1.82) is 0 Å². The Hall–Kier alpha value is -2.07. The van der Waals surface area contributed by atoms with Crippen molar-refractivity contribution in [3.05, 3.63) is 42.5 Å². The number of rotatable bonds is 7. The number of nitrogens with one attached hydrogen (secondary N) is 2. The van der Waals surface area contributed by atoms with Gasteiger partial charge in [-0.05, 0) is 36.4 Å². The number of amides is 1. The fourth-order valence-corrected chi connectivity index (χ4v) is 2.14. The lowest BCUT2D eigenvalue weighted by Gasteiger charge is -2.13. The summed E-state index contributed by atoms with van der Waals surface area (Å²) in [5, 5.41) is 8.36. The topological polar surface area (TPSA) is 50.4 Å². The Kier molecular flexibility index (Phi) is 5.58. The number of carbonyl (C=O) groups is 1. The Bertz CT molecular complexity index is 598. The maximum absolute atomic E-state index is 11.7. The van der Waals surface area contributed by atoms with Crippen LogP contribution in [0.3, 0.4) is 0 Å². The summed E-state index contributed by atoms with van der Waals surface area (Å²) in [5.41, 5.74) is 0. The molecular weight excluding hydrogens is 264 g/mol. The van der Waals surface area contributed by atoms with Crippen molar-refractivity contribution in [3.63, 3.8) is 0 Å². The first-order chi connectivity index (χ1) is 10.2. The third-order valence-electron chi connectivity index (χ3n) is 3.25. The van der Waals surface area contributed by atoms with Gasteiger partial charge in [-0.25, -0.2) is 0 Å². The van der Waals surface area contributed by atoms with Crippen LogP contribution >= 0.6 is 0 Å². The molecule has 4 nitrogen and oxygen atoms in total. The molecule has 0 heterocycles. The Morgan fingerprint density at radius 1 is 1.19 bits per heavy atom. The highest BCUT2D eigenvalue weighted by molar-refractivity contribution is 5.84. The molecule has 0 unspecified atom stereocenters. The van der Waals surface area contributed by atoms with Gasteiger partial charge in [0.05, 0.1) is 0 Å². The van der Waals surface area contributed by atoms with Gasteiger partial charge in [0.15, 0.2) is 6.61 Å². The van der Waals surface area contributed by atoms with Crippen molar-refractivity contribution in [3.8, 4) is 5.75 Å². The number of fused-ring (bicyclic) bond motifs is 1. The summed E-state index contributed by atoms with van der Waals surface area (Å²) in [6.07, 6.45) is 0. The van der Waals surface area contributed by atoms with E-state index in [-0.39, 0.29) is 18.6 Å². The summed E-state index contributed by atoms with van der Waals surface area (Å²) in [6, 6.07) is 14.2. The first-order valence-electron chi connectivity index (χ1n) is 7.30. The van der Waals surface area contributed by atoms with Gasteiger partial charge >= 0.3 is 0 Å². The second-order valence-corrected chi connectivity index (χ2v) is 5.06. The van der Waals surface area contributed by atoms with Gasteiger partial charge in [-0.3, -0.25) is 4.79 Å². The maximum atomic E-state index is 11.7. The van der Waals surface area contributed by atoms with Crippen LogP contribution in [0.5, 0.6) is 5.75 Å². The van der Waals surface area contributed by atoms with Crippen LogP contribution in [0.25, 0.3) is 10.8 Å². The molecule has 2 aromatic carbocycles. The van der Waals surface area contributed by atoms with Crippen LogP contribution in [0.2, 0.25) is 0 Å². The first-order valence-corrected chi connectivity index (χ1v) is 7.30. The van der Waals surface area contributed by atoms with E-state index in [1.165, 1.54) is 0 Å². The van der Waals surface area contributed by atoms with Crippen molar-refractivity contribution in [2.75, 3.05) is 19.7 Å². The van der Waals surface area contributed by atoms with E-state index in [0.717, 1.165) is 17.3 Å². The average molecular weight is 286 g/mol. The van der Waals surface area contributed by atoms with Gasteiger partial charge in [-0.1, -0.05) is 37.3 Å². The quantitative estimate of drug-likeness (QED) is 0.821. The summed E-state index contributed by atoms with van der Waals surface area (Å²) in [6.45, 7) is 5.62. The van der Waals surface area contributed by atoms with Gasteiger partial charge in [-0.15, -0.1) is 0 Å². The molecule has 4 heteroatoms. The summed E-state index contributed by atoms with van der Waals surface area (Å²) in [4.78, 5) is 11.7. The molecule has 0 spiro atoms. The molecule has 0 radical (unpaired) electrons. The largest absolute Gasteiger partial charge is 0.484 e. The zero-order valence-corrected chi connectivity index (χ0v) is 12.6. The van der Waals surface area contributed by atoms with Gasteiger partial charge in [-0.2, -0.15) is 0 Å². The highest BCUT2D eigenvalue weighted by atomic mass is 16.5. The van der Waals surface area contributed by atoms with E-state index in [2.05, 4.69) is 10.6 Å². The fourth-order valence-electron chi connectivity index (χ4n) is 2.14. The summed E-state index contributed by atoms with van der Waals surface area (Å²) in [5.74, 6) is 0.608. The molecule has 0 fully saturated rings. The van der Waals surface area contributed by atoms with Crippen molar-refractivity contribution in [2.45, 2.75) is 19.9 Å². The molecule has 0 aliphatic carbocycles. The number of carbonyl (C=O) groups excluding carboxylic acids is 1. The Morgan fingerprint density at radius 2 is 1.95 bits per heavy atom. The highest BCUT2D eigenvalue weighted by Crippen LogP contribution is 2.20.